The third-order valence-corrected chi connectivity index (χ3v) is 1.90. The van der Waals surface area contributed by atoms with Crippen molar-refractivity contribution in [2.24, 2.45) is 0 Å². The minimum Gasteiger partial charge on any atom is -0.403 e. The molecule has 0 unspecified atom stereocenters. The zero-order valence-corrected chi connectivity index (χ0v) is 9.05. The van der Waals surface area contributed by atoms with Gasteiger partial charge < -0.3 is 4.74 Å². The Labute approximate surface area is 98.8 Å². The van der Waals surface area contributed by atoms with E-state index >= 15 is 0 Å². The van der Waals surface area contributed by atoms with E-state index in [-0.39, 0.29) is 11.3 Å². The van der Waals surface area contributed by atoms with E-state index in [4.69, 9.17) is 5.26 Å². The SMILES string of the molecule is Cc1cc(CC#N)c(OC(F)(F)F)c(C(F)F)n1. The Morgan fingerprint density at radius 2 is 2.06 bits per heavy atom. The molecular formula is C10H7F5N2O. The molecule has 0 saturated heterocycles. The Balaban J connectivity index is 3.37. The summed E-state index contributed by atoms with van der Waals surface area (Å²) in [5.41, 5.74) is -1.29. The number of hydrogen-bond acceptors (Lipinski definition) is 3. The average Bonchev–Trinajstić information content (AvgIpc) is 2.19. The fourth-order valence-corrected chi connectivity index (χ4v) is 1.35. The van der Waals surface area contributed by atoms with Crippen LogP contribution in [0.4, 0.5) is 22.0 Å². The number of halogens is 5. The van der Waals surface area contributed by atoms with Crippen molar-refractivity contribution < 1.29 is 26.7 Å². The van der Waals surface area contributed by atoms with Gasteiger partial charge in [0.05, 0.1) is 12.5 Å². The first-order valence-corrected chi connectivity index (χ1v) is 4.66. The molecule has 0 amide bonds. The largest absolute Gasteiger partial charge is 0.573 e. The molecule has 0 aliphatic rings. The van der Waals surface area contributed by atoms with E-state index in [1.54, 1.807) is 6.07 Å². The summed E-state index contributed by atoms with van der Waals surface area (Å²) in [6.07, 6.45) is -8.82. The second kappa shape index (κ2) is 5.16. The lowest BCUT2D eigenvalue weighted by Crippen LogP contribution is -2.20. The van der Waals surface area contributed by atoms with E-state index in [0.717, 1.165) is 6.07 Å². The van der Waals surface area contributed by atoms with Gasteiger partial charge in [-0.15, -0.1) is 13.2 Å². The van der Waals surface area contributed by atoms with Crippen LogP contribution in [0.2, 0.25) is 0 Å². The maximum absolute atomic E-state index is 12.6. The molecule has 0 atom stereocenters. The number of aryl methyl sites for hydroxylation is 1. The van der Waals surface area contributed by atoms with Crippen molar-refractivity contribution >= 4 is 0 Å². The fourth-order valence-electron chi connectivity index (χ4n) is 1.35. The Morgan fingerprint density at radius 1 is 1.44 bits per heavy atom. The first kappa shape index (κ1) is 14.2. The van der Waals surface area contributed by atoms with Gasteiger partial charge in [0.1, 0.15) is 5.69 Å². The van der Waals surface area contributed by atoms with Gasteiger partial charge in [-0.05, 0) is 13.0 Å². The van der Waals surface area contributed by atoms with E-state index in [1.807, 2.05) is 0 Å². The quantitative estimate of drug-likeness (QED) is 0.788. The second-order valence-electron chi connectivity index (χ2n) is 3.32. The summed E-state index contributed by atoms with van der Waals surface area (Å²) in [5, 5.41) is 8.47. The number of rotatable bonds is 3. The monoisotopic (exact) mass is 266 g/mol. The predicted molar refractivity (Wildman–Crippen MR) is 49.9 cm³/mol. The van der Waals surface area contributed by atoms with E-state index in [0.29, 0.717) is 0 Å². The summed E-state index contributed by atoms with van der Waals surface area (Å²) in [6, 6.07) is 2.69. The van der Waals surface area contributed by atoms with Crippen LogP contribution in [-0.2, 0) is 6.42 Å². The molecule has 1 aromatic heterocycles. The molecule has 1 heterocycles. The summed E-state index contributed by atoms with van der Waals surface area (Å²) >= 11 is 0. The van der Waals surface area contributed by atoms with Gasteiger partial charge in [0.2, 0.25) is 0 Å². The average molecular weight is 266 g/mol. The molecule has 1 rings (SSSR count). The van der Waals surface area contributed by atoms with Crippen molar-refractivity contribution in [3.05, 3.63) is 23.0 Å². The lowest BCUT2D eigenvalue weighted by atomic mass is 10.1. The van der Waals surface area contributed by atoms with Gasteiger partial charge in [-0.25, -0.2) is 13.8 Å². The fraction of sp³-hybridized carbons (Fsp3) is 0.400. The number of ether oxygens (including phenoxy) is 1. The standard InChI is InChI=1S/C10H7F5N2O/c1-5-4-6(2-3-16)8(18-10(13,14)15)7(17-5)9(11)12/h4,9H,2H2,1H3. The van der Waals surface area contributed by atoms with Crippen LogP contribution in [0.15, 0.2) is 6.07 Å². The summed E-state index contributed by atoms with van der Waals surface area (Å²) in [5.74, 6) is -1.09. The Bertz CT molecular complexity index is 478. The third-order valence-electron chi connectivity index (χ3n) is 1.90. The van der Waals surface area contributed by atoms with Gasteiger partial charge in [0.15, 0.2) is 5.75 Å². The highest BCUT2D eigenvalue weighted by Gasteiger charge is 2.35. The number of hydrogen-bond donors (Lipinski definition) is 0. The van der Waals surface area contributed by atoms with Crippen LogP contribution in [-0.4, -0.2) is 11.3 Å². The van der Waals surface area contributed by atoms with Crippen LogP contribution < -0.4 is 4.74 Å². The smallest absolute Gasteiger partial charge is 0.403 e. The van der Waals surface area contributed by atoms with E-state index in [9.17, 15) is 22.0 Å². The second-order valence-corrected chi connectivity index (χ2v) is 3.32. The normalized spacial score (nSPS) is 11.4. The molecule has 0 saturated carbocycles. The topological polar surface area (TPSA) is 45.9 Å². The Kier molecular flexibility index (Phi) is 4.06. The number of nitriles is 1. The molecular weight excluding hydrogens is 259 g/mol. The summed E-state index contributed by atoms with van der Waals surface area (Å²) in [6.45, 7) is 1.34. The lowest BCUT2D eigenvalue weighted by Gasteiger charge is -2.15. The number of pyridine rings is 1. The molecule has 98 valence electrons. The summed E-state index contributed by atoms with van der Waals surface area (Å²) < 4.78 is 65.1. The lowest BCUT2D eigenvalue weighted by molar-refractivity contribution is -0.275. The Hall–Kier alpha value is -1.91. The van der Waals surface area contributed by atoms with Crippen LogP contribution in [0, 0.1) is 18.3 Å². The maximum atomic E-state index is 12.6. The van der Waals surface area contributed by atoms with Gasteiger partial charge in [0, 0.05) is 11.3 Å². The van der Waals surface area contributed by atoms with Gasteiger partial charge >= 0.3 is 6.36 Å². The molecule has 0 aromatic carbocycles. The number of alkyl halides is 5. The highest BCUT2D eigenvalue weighted by Crippen LogP contribution is 2.35. The van der Waals surface area contributed by atoms with Crippen LogP contribution in [0.25, 0.3) is 0 Å². The molecule has 0 fully saturated rings. The molecule has 0 bridgehead atoms. The molecule has 0 aliphatic carbocycles. The van der Waals surface area contributed by atoms with Crippen molar-refractivity contribution in [2.75, 3.05) is 0 Å². The van der Waals surface area contributed by atoms with E-state index < -0.39 is 30.7 Å². The first-order chi connectivity index (χ1) is 8.24. The van der Waals surface area contributed by atoms with Gasteiger partial charge in [-0.2, -0.15) is 5.26 Å². The minimum absolute atomic E-state index is 0.0880. The van der Waals surface area contributed by atoms with Crippen LogP contribution in [0.5, 0.6) is 5.75 Å². The molecule has 18 heavy (non-hydrogen) atoms. The molecule has 0 radical (unpaired) electrons. The van der Waals surface area contributed by atoms with Crippen LogP contribution >= 0.6 is 0 Å². The minimum atomic E-state index is -5.12. The van der Waals surface area contributed by atoms with Crippen LogP contribution in [0.3, 0.4) is 0 Å². The van der Waals surface area contributed by atoms with Crippen molar-refractivity contribution in [2.45, 2.75) is 26.1 Å². The first-order valence-electron chi connectivity index (χ1n) is 4.66. The molecule has 0 N–H and O–H groups in total. The van der Waals surface area contributed by atoms with Crippen molar-refractivity contribution in [1.29, 1.82) is 5.26 Å². The van der Waals surface area contributed by atoms with E-state index in [1.165, 1.54) is 6.92 Å². The van der Waals surface area contributed by atoms with Crippen molar-refractivity contribution in [3.8, 4) is 11.8 Å². The van der Waals surface area contributed by atoms with Gasteiger partial charge in [0.25, 0.3) is 6.43 Å². The summed E-state index contributed by atoms with van der Waals surface area (Å²) in [4.78, 5) is 3.32. The van der Waals surface area contributed by atoms with Crippen molar-refractivity contribution in [1.82, 2.24) is 4.98 Å². The Morgan fingerprint density at radius 3 is 2.50 bits per heavy atom. The molecule has 3 nitrogen and oxygen atoms in total. The number of aromatic nitrogens is 1. The van der Waals surface area contributed by atoms with Gasteiger partial charge in [-0.1, -0.05) is 0 Å². The number of nitrogens with zero attached hydrogens (tertiary/aromatic N) is 2. The third kappa shape index (κ3) is 3.55. The van der Waals surface area contributed by atoms with E-state index in [2.05, 4.69) is 9.72 Å². The van der Waals surface area contributed by atoms with Crippen molar-refractivity contribution in [3.63, 3.8) is 0 Å². The summed E-state index contributed by atoms with van der Waals surface area (Å²) in [7, 11) is 0. The molecule has 0 spiro atoms. The molecule has 0 aliphatic heterocycles. The maximum Gasteiger partial charge on any atom is 0.573 e. The van der Waals surface area contributed by atoms with Crippen LogP contribution in [0.1, 0.15) is 23.4 Å². The highest BCUT2D eigenvalue weighted by atomic mass is 19.4. The van der Waals surface area contributed by atoms with Gasteiger partial charge in [-0.3, -0.25) is 0 Å². The molecule has 8 heteroatoms. The zero-order chi connectivity index (χ0) is 13.9. The molecule has 1 aromatic rings. The zero-order valence-electron chi connectivity index (χ0n) is 9.05. The highest BCUT2D eigenvalue weighted by molar-refractivity contribution is 5.41. The predicted octanol–water partition coefficient (Wildman–Crippen LogP) is 3.29.